The largest absolute Gasteiger partial charge is 0.398 e. The minimum Gasteiger partial charge on any atom is -0.398 e. The molecule has 0 heterocycles. The van der Waals surface area contributed by atoms with E-state index >= 15 is 0 Å². The molecular formula is C6H6FNOS. The van der Waals surface area contributed by atoms with Crippen LogP contribution < -0.4 is 5.73 Å². The Morgan fingerprint density at radius 1 is 1.40 bits per heavy atom. The molecule has 0 amide bonds. The van der Waals surface area contributed by atoms with E-state index in [0.717, 1.165) is 0 Å². The highest BCUT2D eigenvalue weighted by Crippen LogP contribution is 2.15. The molecule has 2 nitrogen and oxygen atoms in total. The van der Waals surface area contributed by atoms with Crippen LogP contribution in [-0.4, -0.2) is 4.21 Å². The molecule has 0 aromatic heterocycles. The average Bonchev–Trinajstić information content (AvgIpc) is 1.88. The highest BCUT2D eigenvalue weighted by molar-refractivity contribution is 7.80. The Morgan fingerprint density at radius 3 is 2.40 bits per heavy atom. The number of hydrogen-bond donors (Lipinski definition) is 1. The number of nitrogens with two attached hydrogens (primary N) is 1. The number of para-hydroxylation sites is 1. The summed E-state index contributed by atoms with van der Waals surface area (Å²) < 4.78 is 22.3. The number of benzene rings is 1. The Labute approximate surface area is 60.6 Å². The average molecular weight is 159 g/mol. The van der Waals surface area contributed by atoms with Crippen molar-refractivity contribution in [3.8, 4) is 0 Å². The van der Waals surface area contributed by atoms with Crippen LogP contribution >= 0.6 is 0 Å². The predicted octanol–water partition coefficient (Wildman–Crippen LogP) is 1.26. The second-order valence-electron chi connectivity index (χ2n) is 1.76. The van der Waals surface area contributed by atoms with Gasteiger partial charge in [0.05, 0.1) is 10.6 Å². The minimum atomic E-state index is -2.47. The molecule has 1 rings (SSSR count). The van der Waals surface area contributed by atoms with E-state index in [-0.39, 0.29) is 10.6 Å². The number of nitrogen functional groups attached to an aromatic ring is 1. The standard InChI is InChI=1S/C6H6FNOS/c7-10(9)6-4-2-1-3-5(6)8/h1-4H,8H2. The summed E-state index contributed by atoms with van der Waals surface area (Å²) in [5, 5.41) is 0. The summed E-state index contributed by atoms with van der Waals surface area (Å²) in [6, 6.07) is 6.15. The second kappa shape index (κ2) is 2.79. The lowest BCUT2D eigenvalue weighted by atomic mass is 10.3. The van der Waals surface area contributed by atoms with Crippen LogP contribution in [0.25, 0.3) is 0 Å². The second-order valence-corrected chi connectivity index (χ2v) is 2.65. The molecule has 0 aliphatic carbocycles. The molecular weight excluding hydrogens is 153 g/mol. The summed E-state index contributed by atoms with van der Waals surface area (Å²) in [4.78, 5) is 0.0440. The third-order valence-corrected chi connectivity index (χ3v) is 1.81. The molecule has 1 aromatic carbocycles. The molecule has 1 unspecified atom stereocenters. The molecule has 10 heavy (non-hydrogen) atoms. The van der Waals surface area contributed by atoms with E-state index < -0.39 is 11.2 Å². The SMILES string of the molecule is Nc1ccccc1S(=O)F. The van der Waals surface area contributed by atoms with Gasteiger partial charge in [-0.3, -0.25) is 0 Å². The van der Waals surface area contributed by atoms with E-state index in [0.29, 0.717) is 0 Å². The first-order chi connectivity index (χ1) is 4.72. The number of hydrogen-bond acceptors (Lipinski definition) is 2. The Bertz CT molecular complexity index is 264. The van der Waals surface area contributed by atoms with Crippen LogP contribution in [0.4, 0.5) is 9.57 Å². The summed E-state index contributed by atoms with van der Waals surface area (Å²) in [6.07, 6.45) is 0. The van der Waals surface area contributed by atoms with Gasteiger partial charge in [0.15, 0.2) is 0 Å². The Kier molecular flexibility index (Phi) is 2.01. The fourth-order valence-electron chi connectivity index (χ4n) is 0.627. The summed E-state index contributed by atoms with van der Waals surface area (Å²) in [5.41, 5.74) is 5.51. The van der Waals surface area contributed by atoms with Crippen molar-refractivity contribution in [1.82, 2.24) is 0 Å². The molecule has 0 spiro atoms. The third-order valence-electron chi connectivity index (χ3n) is 1.09. The van der Waals surface area contributed by atoms with Crippen LogP contribution in [-0.2, 0) is 11.2 Å². The third kappa shape index (κ3) is 1.33. The molecule has 0 saturated heterocycles. The van der Waals surface area contributed by atoms with Crippen molar-refractivity contribution in [2.24, 2.45) is 0 Å². The topological polar surface area (TPSA) is 43.1 Å². The van der Waals surface area contributed by atoms with Crippen molar-refractivity contribution in [2.45, 2.75) is 4.90 Å². The zero-order chi connectivity index (χ0) is 7.56. The van der Waals surface area contributed by atoms with E-state index in [1.165, 1.54) is 12.1 Å². The predicted molar refractivity (Wildman–Crippen MR) is 38.4 cm³/mol. The van der Waals surface area contributed by atoms with Crippen LogP contribution in [0, 0.1) is 0 Å². The zero-order valence-corrected chi connectivity index (χ0v) is 5.90. The van der Waals surface area contributed by atoms with Gasteiger partial charge in [0.2, 0.25) is 11.2 Å². The fourth-order valence-corrected chi connectivity index (χ4v) is 1.07. The van der Waals surface area contributed by atoms with E-state index in [4.69, 9.17) is 5.73 Å². The van der Waals surface area contributed by atoms with Crippen LogP contribution in [0.1, 0.15) is 0 Å². The first-order valence-electron chi connectivity index (χ1n) is 2.64. The van der Waals surface area contributed by atoms with E-state index in [1.807, 2.05) is 0 Å². The molecule has 1 aromatic rings. The molecule has 4 heteroatoms. The molecule has 0 radical (unpaired) electrons. The van der Waals surface area contributed by atoms with Crippen LogP contribution in [0.3, 0.4) is 0 Å². The molecule has 0 fully saturated rings. The van der Waals surface area contributed by atoms with Gasteiger partial charge >= 0.3 is 0 Å². The highest BCUT2D eigenvalue weighted by Gasteiger charge is 2.03. The van der Waals surface area contributed by atoms with E-state index in [9.17, 15) is 8.09 Å². The van der Waals surface area contributed by atoms with E-state index in [2.05, 4.69) is 0 Å². The van der Waals surface area contributed by atoms with Crippen LogP contribution in [0.2, 0.25) is 0 Å². The van der Waals surface area contributed by atoms with Gasteiger partial charge in [-0.25, -0.2) is 4.21 Å². The summed E-state index contributed by atoms with van der Waals surface area (Å²) in [5.74, 6) is 0. The number of anilines is 1. The molecule has 0 saturated carbocycles. The normalized spacial score (nSPS) is 12.9. The Balaban J connectivity index is 3.15. The quantitative estimate of drug-likeness (QED) is 0.495. The summed E-state index contributed by atoms with van der Waals surface area (Å²) in [6.45, 7) is 0. The van der Waals surface area contributed by atoms with Crippen molar-refractivity contribution < 1.29 is 8.09 Å². The van der Waals surface area contributed by atoms with Gasteiger partial charge in [-0.05, 0) is 12.1 Å². The smallest absolute Gasteiger partial charge is 0.233 e. The number of rotatable bonds is 1. The van der Waals surface area contributed by atoms with Gasteiger partial charge in [-0.2, -0.15) is 0 Å². The van der Waals surface area contributed by atoms with Gasteiger partial charge in [0.25, 0.3) is 0 Å². The molecule has 2 N–H and O–H groups in total. The monoisotopic (exact) mass is 159 g/mol. The van der Waals surface area contributed by atoms with Crippen LogP contribution in [0.5, 0.6) is 0 Å². The van der Waals surface area contributed by atoms with Crippen molar-refractivity contribution in [3.05, 3.63) is 24.3 Å². The Morgan fingerprint density at radius 2 is 2.00 bits per heavy atom. The lowest BCUT2D eigenvalue weighted by molar-refractivity contribution is 0.649. The minimum absolute atomic E-state index is 0.0440. The molecule has 0 aliphatic heterocycles. The van der Waals surface area contributed by atoms with Gasteiger partial charge in [0, 0.05) is 0 Å². The van der Waals surface area contributed by atoms with Crippen molar-refractivity contribution >= 4 is 16.9 Å². The van der Waals surface area contributed by atoms with Gasteiger partial charge < -0.3 is 5.73 Å². The van der Waals surface area contributed by atoms with Crippen molar-refractivity contribution in [1.29, 1.82) is 0 Å². The fraction of sp³-hybridized carbons (Fsp3) is 0. The maximum atomic E-state index is 12.1. The van der Waals surface area contributed by atoms with Crippen molar-refractivity contribution in [3.63, 3.8) is 0 Å². The molecule has 54 valence electrons. The van der Waals surface area contributed by atoms with Gasteiger partial charge in [-0.1, -0.05) is 12.1 Å². The summed E-state index contributed by atoms with van der Waals surface area (Å²) >= 11 is -2.47. The van der Waals surface area contributed by atoms with Crippen LogP contribution in [0.15, 0.2) is 29.2 Å². The lowest BCUT2D eigenvalue weighted by Crippen LogP contribution is -1.91. The van der Waals surface area contributed by atoms with E-state index in [1.54, 1.807) is 12.1 Å². The molecule has 0 bridgehead atoms. The maximum Gasteiger partial charge on any atom is 0.233 e. The molecule has 0 aliphatic rings. The van der Waals surface area contributed by atoms with Gasteiger partial charge in [-0.15, -0.1) is 3.89 Å². The highest BCUT2D eigenvalue weighted by atomic mass is 32.2. The van der Waals surface area contributed by atoms with Gasteiger partial charge in [0.1, 0.15) is 0 Å². The maximum absolute atomic E-state index is 12.1. The summed E-state index contributed by atoms with van der Waals surface area (Å²) in [7, 11) is 0. The number of halogens is 1. The lowest BCUT2D eigenvalue weighted by Gasteiger charge is -1.95. The Hall–Kier alpha value is -0.900. The first kappa shape index (κ1) is 7.21. The zero-order valence-electron chi connectivity index (χ0n) is 5.08. The molecule has 1 atom stereocenters. The van der Waals surface area contributed by atoms with Crippen molar-refractivity contribution in [2.75, 3.05) is 5.73 Å². The first-order valence-corrected chi connectivity index (χ1v) is 3.69.